The van der Waals surface area contributed by atoms with E-state index < -0.39 is 5.97 Å². The molecule has 0 heterocycles. The molecule has 1 aromatic carbocycles. The predicted octanol–water partition coefficient (Wildman–Crippen LogP) is 2.66. The molecule has 0 aromatic heterocycles. The third-order valence-corrected chi connectivity index (χ3v) is 4.50. The molecule has 0 aliphatic heterocycles. The SMILES string of the molecule is CC(C)NC(=O)Nc1ccc(CNC(=O)NC2CCC(C(=O)O)CC2)cc1. The summed E-state index contributed by atoms with van der Waals surface area (Å²) in [6.07, 6.45) is 2.56. The van der Waals surface area contributed by atoms with Gasteiger partial charge >= 0.3 is 18.0 Å². The fourth-order valence-corrected chi connectivity index (χ4v) is 3.04. The summed E-state index contributed by atoms with van der Waals surface area (Å²) < 4.78 is 0. The van der Waals surface area contributed by atoms with Crippen molar-refractivity contribution in [2.45, 2.75) is 58.2 Å². The van der Waals surface area contributed by atoms with Crippen molar-refractivity contribution in [2.24, 2.45) is 5.92 Å². The molecule has 1 aliphatic rings. The normalized spacial score (nSPS) is 19.2. The lowest BCUT2D eigenvalue weighted by atomic mass is 9.86. The van der Waals surface area contributed by atoms with E-state index in [-0.39, 0.29) is 30.1 Å². The number of urea groups is 2. The van der Waals surface area contributed by atoms with Crippen LogP contribution in [-0.2, 0) is 11.3 Å². The molecule has 0 unspecified atom stereocenters. The molecule has 0 atom stereocenters. The Morgan fingerprint density at radius 3 is 2.22 bits per heavy atom. The van der Waals surface area contributed by atoms with E-state index >= 15 is 0 Å². The Bertz CT molecular complexity index is 652. The van der Waals surface area contributed by atoms with E-state index in [0.717, 1.165) is 5.56 Å². The zero-order valence-electron chi connectivity index (χ0n) is 15.7. The van der Waals surface area contributed by atoms with Crippen LogP contribution in [-0.4, -0.2) is 35.2 Å². The molecule has 27 heavy (non-hydrogen) atoms. The third kappa shape index (κ3) is 7.16. The average molecular weight is 376 g/mol. The quantitative estimate of drug-likeness (QED) is 0.524. The molecule has 1 aromatic rings. The van der Waals surface area contributed by atoms with Crippen molar-refractivity contribution in [2.75, 3.05) is 5.32 Å². The molecule has 1 fully saturated rings. The smallest absolute Gasteiger partial charge is 0.319 e. The van der Waals surface area contributed by atoms with Gasteiger partial charge < -0.3 is 26.4 Å². The summed E-state index contributed by atoms with van der Waals surface area (Å²) in [7, 11) is 0. The number of carboxylic acid groups (broad SMARTS) is 1. The number of carbonyl (C=O) groups excluding carboxylic acids is 2. The highest BCUT2D eigenvalue weighted by Gasteiger charge is 2.26. The first-order valence-corrected chi connectivity index (χ1v) is 9.27. The second kappa shape index (κ2) is 9.80. The van der Waals surface area contributed by atoms with Crippen LogP contribution >= 0.6 is 0 Å². The average Bonchev–Trinajstić information content (AvgIpc) is 2.61. The second-order valence-corrected chi connectivity index (χ2v) is 7.16. The van der Waals surface area contributed by atoms with Gasteiger partial charge in [-0.3, -0.25) is 4.79 Å². The molecule has 8 nitrogen and oxygen atoms in total. The summed E-state index contributed by atoms with van der Waals surface area (Å²) in [6, 6.07) is 6.80. The minimum absolute atomic E-state index is 0.0200. The molecule has 0 saturated heterocycles. The van der Waals surface area contributed by atoms with Crippen LogP contribution in [0.15, 0.2) is 24.3 Å². The fraction of sp³-hybridized carbons (Fsp3) is 0.526. The van der Waals surface area contributed by atoms with Gasteiger partial charge in [0.1, 0.15) is 0 Å². The molecule has 0 bridgehead atoms. The maximum atomic E-state index is 12.0. The highest BCUT2D eigenvalue weighted by atomic mass is 16.4. The van der Waals surface area contributed by atoms with Crippen LogP contribution in [0.5, 0.6) is 0 Å². The van der Waals surface area contributed by atoms with Gasteiger partial charge in [0.15, 0.2) is 0 Å². The van der Waals surface area contributed by atoms with Gasteiger partial charge in [-0.1, -0.05) is 12.1 Å². The summed E-state index contributed by atoms with van der Waals surface area (Å²) in [6.45, 7) is 4.14. The Kier molecular flexibility index (Phi) is 7.45. The van der Waals surface area contributed by atoms with Crippen molar-refractivity contribution in [1.29, 1.82) is 0 Å². The van der Waals surface area contributed by atoms with Crippen LogP contribution in [0, 0.1) is 5.92 Å². The zero-order chi connectivity index (χ0) is 19.8. The molecule has 0 spiro atoms. The number of hydrogen-bond donors (Lipinski definition) is 5. The minimum Gasteiger partial charge on any atom is -0.481 e. The molecule has 1 aliphatic carbocycles. The van der Waals surface area contributed by atoms with E-state index in [4.69, 9.17) is 5.11 Å². The first kappa shape index (κ1) is 20.5. The molecule has 0 radical (unpaired) electrons. The van der Waals surface area contributed by atoms with E-state index in [1.165, 1.54) is 0 Å². The summed E-state index contributed by atoms with van der Waals surface area (Å²) in [4.78, 5) is 34.6. The van der Waals surface area contributed by atoms with Crippen LogP contribution in [0.3, 0.4) is 0 Å². The van der Waals surface area contributed by atoms with Gasteiger partial charge in [-0.25, -0.2) is 9.59 Å². The Morgan fingerprint density at radius 2 is 1.67 bits per heavy atom. The molecule has 4 amide bonds. The summed E-state index contributed by atoms with van der Waals surface area (Å²) >= 11 is 0. The summed E-state index contributed by atoms with van der Waals surface area (Å²) in [5.74, 6) is -1.04. The molecule has 1 saturated carbocycles. The van der Waals surface area contributed by atoms with E-state index in [1.807, 2.05) is 26.0 Å². The number of carboxylic acids is 1. The number of aliphatic carboxylic acids is 1. The number of amides is 4. The van der Waals surface area contributed by atoms with Crippen LogP contribution < -0.4 is 21.3 Å². The predicted molar refractivity (Wildman–Crippen MR) is 102 cm³/mol. The zero-order valence-corrected chi connectivity index (χ0v) is 15.7. The van der Waals surface area contributed by atoms with Gasteiger partial charge in [-0.05, 0) is 57.2 Å². The van der Waals surface area contributed by atoms with E-state index in [0.29, 0.717) is 37.9 Å². The van der Waals surface area contributed by atoms with Gasteiger partial charge in [-0.2, -0.15) is 0 Å². The minimum atomic E-state index is -0.752. The number of rotatable bonds is 6. The lowest BCUT2D eigenvalue weighted by Gasteiger charge is -2.26. The van der Waals surface area contributed by atoms with Gasteiger partial charge in [-0.15, -0.1) is 0 Å². The maximum Gasteiger partial charge on any atom is 0.319 e. The molecule has 8 heteroatoms. The maximum absolute atomic E-state index is 12.0. The Labute approximate surface area is 159 Å². The number of nitrogens with one attached hydrogen (secondary N) is 4. The van der Waals surface area contributed by atoms with Crippen molar-refractivity contribution >= 4 is 23.7 Å². The van der Waals surface area contributed by atoms with Crippen molar-refractivity contribution in [3.8, 4) is 0 Å². The van der Waals surface area contributed by atoms with E-state index in [1.54, 1.807) is 12.1 Å². The first-order chi connectivity index (χ1) is 12.8. The van der Waals surface area contributed by atoms with Crippen molar-refractivity contribution in [3.63, 3.8) is 0 Å². The number of anilines is 1. The lowest BCUT2D eigenvalue weighted by Crippen LogP contribution is -2.43. The Hall–Kier alpha value is -2.77. The van der Waals surface area contributed by atoms with Crippen LogP contribution in [0.4, 0.5) is 15.3 Å². The highest BCUT2D eigenvalue weighted by Crippen LogP contribution is 2.24. The number of benzene rings is 1. The third-order valence-electron chi connectivity index (χ3n) is 4.50. The van der Waals surface area contributed by atoms with Gasteiger partial charge in [0.25, 0.3) is 0 Å². The Morgan fingerprint density at radius 1 is 1.04 bits per heavy atom. The molecular formula is C19H28N4O4. The monoisotopic (exact) mass is 376 g/mol. The van der Waals surface area contributed by atoms with E-state index in [9.17, 15) is 14.4 Å². The van der Waals surface area contributed by atoms with E-state index in [2.05, 4.69) is 21.3 Å². The Balaban J connectivity index is 1.71. The highest BCUT2D eigenvalue weighted by molar-refractivity contribution is 5.89. The lowest BCUT2D eigenvalue weighted by molar-refractivity contribution is -0.142. The first-order valence-electron chi connectivity index (χ1n) is 9.27. The van der Waals surface area contributed by atoms with Crippen LogP contribution in [0.1, 0.15) is 45.1 Å². The number of hydrogen-bond acceptors (Lipinski definition) is 3. The van der Waals surface area contributed by atoms with Gasteiger partial charge in [0.05, 0.1) is 5.92 Å². The topological polar surface area (TPSA) is 120 Å². The molecule has 148 valence electrons. The van der Waals surface area contributed by atoms with Crippen molar-refractivity contribution in [3.05, 3.63) is 29.8 Å². The number of carbonyl (C=O) groups is 3. The van der Waals surface area contributed by atoms with Crippen molar-refractivity contribution < 1.29 is 19.5 Å². The summed E-state index contributed by atoms with van der Waals surface area (Å²) in [5.41, 5.74) is 1.59. The molecule has 5 N–H and O–H groups in total. The van der Waals surface area contributed by atoms with Crippen molar-refractivity contribution in [1.82, 2.24) is 16.0 Å². The summed E-state index contributed by atoms with van der Waals surface area (Å²) in [5, 5.41) is 20.2. The molecular weight excluding hydrogens is 348 g/mol. The molecule has 2 rings (SSSR count). The van der Waals surface area contributed by atoms with Crippen LogP contribution in [0.25, 0.3) is 0 Å². The standard InChI is InChI=1S/C19H28N4O4/c1-12(2)21-19(27)23-15-7-3-13(4-8-15)11-20-18(26)22-16-9-5-14(6-10-16)17(24)25/h3-4,7-8,12,14,16H,5-6,9-11H2,1-2H3,(H,24,25)(H2,20,22,26)(H2,21,23,27). The largest absolute Gasteiger partial charge is 0.481 e. The second-order valence-electron chi connectivity index (χ2n) is 7.16. The van der Waals surface area contributed by atoms with Gasteiger partial charge in [0.2, 0.25) is 0 Å². The van der Waals surface area contributed by atoms with Gasteiger partial charge in [0, 0.05) is 24.3 Å². The van der Waals surface area contributed by atoms with Crippen LogP contribution in [0.2, 0.25) is 0 Å². The fourth-order valence-electron chi connectivity index (χ4n) is 3.04.